The molecule has 0 aliphatic carbocycles. The van der Waals surface area contributed by atoms with Crippen LogP contribution in [0.1, 0.15) is 5.82 Å². The summed E-state index contributed by atoms with van der Waals surface area (Å²) in [5.41, 5.74) is 1.89. The molecular formula is C22H21ClN4O. The van der Waals surface area contributed by atoms with Crippen LogP contribution in [0.15, 0.2) is 72.9 Å². The summed E-state index contributed by atoms with van der Waals surface area (Å²) in [6, 6.07) is 17.6. The molecule has 28 heavy (non-hydrogen) atoms. The van der Waals surface area contributed by atoms with Gasteiger partial charge in [-0.3, -0.25) is 0 Å². The standard InChI is InChI=1S/C22H21ClN4O/c23-19-11-9-18(10-12-19)22-24-21(27(25-22)20-6-2-1-3-7-20)8-4-5-13-26-14-16-28-17-15-26/h1-13H,14-17H2/b8-4+,13-5+. The van der Waals surface area contributed by atoms with E-state index in [1.165, 1.54) is 0 Å². The zero-order valence-corrected chi connectivity index (χ0v) is 16.2. The van der Waals surface area contributed by atoms with E-state index < -0.39 is 0 Å². The molecule has 0 atom stereocenters. The Labute approximate surface area is 169 Å². The van der Waals surface area contributed by atoms with Crippen LogP contribution in [-0.2, 0) is 4.74 Å². The molecular weight excluding hydrogens is 372 g/mol. The van der Waals surface area contributed by atoms with E-state index in [1.807, 2.05) is 77.5 Å². The van der Waals surface area contributed by atoms with E-state index in [1.54, 1.807) is 0 Å². The van der Waals surface area contributed by atoms with Gasteiger partial charge in [-0.2, -0.15) is 0 Å². The molecule has 0 amide bonds. The highest BCUT2D eigenvalue weighted by molar-refractivity contribution is 6.30. The highest BCUT2D eigenvalue weighted by Gasteiger charge is 2.11. The number of benzene rings is 2. The largest absolute Gasteiger partial charge is 0.378 e. The molecule has 4 rings (SSSR count). The van der Waals surface area contributed by atoms with Crippen molar-refractivity contribution in [3.8, 4) is 17.1 Å². The Balaban J connectivity index is 1.61. The summed E-state index contributed by atoms with van der Waals surface area (Å²) in [5.74, 6) is 1.43. The number of morpholine rings is 1. The van der Waals surface area contributed by atoms with Gasteiger partial charge in [-0.15, -0.1) is 5.10 Å². The zero-order chi connectivity index (χ0) is 19.2. The van der Waals surface area contributed by atoms with Gasteiger partial charge >= 0.3 is 0 Å². The zero-order valence-electron chi connectivity index (χ0n) is 15.4. The molecule has 0 radical (unpaired) electrons. The Morgan fingerprint density at radius 1 is 0.929 bits per heavy atom. The molecule has 1 saturated heterocycles. The number of hydrogen-bond acceptors (Lipinski definition) is 4. The van der Waals surface area contributed by atoms with Gasteiger partial charge in [0.25, 0.3) is 0 Å². The topological polar surface area (TPSA) is 43.2 Å². The van der Waals surface area contributed by atoms with Crippen molar-refractivity contribution < 1.29 is 4.74 Å². The normalized spacial score (nSPS) is 15.0. The number of halogens is 1. The maximum absolute atomic E-state index is 6.00. The van der Waals surface area contributed by atoms with Crippen LogP contribution in [0.4, 0.5) is 0 Å². The van der Waals surface area contributed by atoms with Gasteiger partial charge < -0.3 is 9.64 Å². The number of ether oxygens (including phenoxy) is 1. The Morgan fingerprint density at radius 2 is 1.68 bits per heavy atom. The van der Waals surface area contributed by atoms with E-state index in [-0.39, 0.29) is 0 Å². The summed E-state index contributed by atoms with van der Waals surface area (Å²) in [4.78, 5) is 6.97. The molecule has 5 nitrogen and oxygen atoms in total. The van der Waals surface area contributed by atoms with E-state index in [4.69, 9.17) is 26.4 Å². The van der Waals surface area contributed by atoms with Crippen LogP contribution < -0.4 is 0 Å². The van der Waals surface area contributed by atoms with Crippen molar-refractivity contribution in [1.82, 2.24) is 19.7 Å². The Hall–Kier alpha value is -2.89. The lowest BCUT2D eigenvalue weighted by molar-refractivity contribution is 0.0594. The number of rotatable bonds is 5. The Bertz CT molecular complexity index is 958. The minimum absolute atomic E-state index is 0.664. The fraction of sp³-hybridized carbons (Fsp3) is 0.182. The van der Waals surface area contributed by atoms with Crippen molar-refractivity contribution >= 4 is 17.7 Å². The molecule has 0 bridgehead atoms. The van der Waals surface area contributed by atoms with Crippen LogP contribution in [0.2, 0.25) is 5.02 Å². The molecule has 2 aromatic carbocycles. The number of aromatic nitrogens is 3. The van der Waals surface area contributed by atoms with Crippen LogP contribution in [0.5, 0.6) is 0 Å². The van der Waals surface area contributed by atoms with Crippen LogP contribution >= 0.6 is 11.6 Å². The number of allylic oxidation sites excluding steroid dienone is 2. The van der Waals surface area contributed by atoms with Crippen molar-refractivity contribution in [3.63, 3.8) is 0 Å². The molecule has 2 heterocycles. The fourth-order valence-electron chi connectivity index (χ4n) is 2.95. The molecule has 0 spiro atoms. The minimum Gasteiger partial charge on any atom is -0.378 e. The van der Waals surface area contributed by atoms with Gasteiger partial charge in [0, 0.05) is 23.7 Å². The minimum atomic E-state index is 0.664. The highest BCUT2D eigenvalue weighted by atomic mass is 35.5. The summed E-state index contributed by atoms with van der Waals surface area (Å²) >= 11 is 6.00. The van der Waals surface area contributed by atoms with Gasteiger partial charge in [0.2, 0.25) is 0 Å². The van der Waals surface area contributed by atoms with Crippen LogP contribution in [0.25, 0.3) is 23.2 Å². The first-order valence-corrected chi connectivity index (χ1v) is 9.62. The first kappa shape index (κ1) is 18.5. The van der Waals surface area contributed by atoms with Crippen LogP contribution in [0, 0.1) is 0 Å². The fourth-order valence-corrected chi connectivity index (χ4v) is 3.08. The van der Waals surface area contributed by atoms with Crippen LogP contribution in [0.3, 0.4) is 0 Å². The lowest BCUT2D eigenvalue weighted by Gasteiger charge is -2.24. The van der Waals surface area contributed by atoms with Gasteiger partial charge in [-0.25, -0.2) is 9.67 Å². The first-order chi connectivity index (χ1) is 13.8. The maximum Gasteiger partial charge on any atom is 0.182 e. The molecule has 6 heteroatoms. The second kappa shape index (κ2) is 8.87. The van der Waals surface area contributed by atoms with Gasteiger partial charge in [0.1, 0.15) is 0 Å². The molecule has 0 unspecified atom stereocenters. The first-order valence-electron chi connectivity index (χ1n) is 9.25. The average Bonchev–Trinajstić information content (AvgIpc) is 3.17. The third-order valence-corrected chi connectivity index (χ3v) is 4.69. The third kappa shape index (κ3) is 4.50. The molecule has 0 saturated carbocycles. The molecule has 1 aromatic heterocycles. The van der Waals surface area contributed by atoms with E-state index in [9.17, 15) is 0 Å². The average molecular weight is 393 g/mol. The van der Waals surface area contributed by atoms with Crippen molar-refractivity contribution in [2.75, 3.05) is 26.3 Å². The molecule has 0 N–H and O–H groups in total. The van der Waals surface area contributed by atoms with Gasteiger partial charge in [-0.1, -0.05) is 35.9 Å². The monoisotopic (exact) mass is 392 g/mol. The molecule has 1 fully saturated rings. The SMILES string of the molecule is Clc1ccc(-c2nc(/C=C/C=C/N3CCOCC3)n(-c3ccccc3)n2)cc1. The maximum atomic E-state index is 6.00. The van der Waals surface area contributed by atoms with Crippen LogP contribution in [-0.4, -0.2) is 46.0 Å². The van der Waals surface area contributed by atoms with E-state index in [0.717, 1.165) is 43.4 Å². The lowest BCUT2D eigenvalue weighted by Crippen LogP contribution is -2.31. The second-order valence-corrected chi connectivity index (χ2v) is 6.83. The Morgan fingerprint density at radius 3 is 2.43 bits per heavy atom. The van der Waals surface area contributed by atoms with E-state index >= 15 is 0 Å². The summed E-state index contributed by atoms with van der Waals surface area (Å²) in [7, 11) is 0. The number of hydrogen-bond donors (Lipinski definition) is 0. The van der Waals surface area contributed by atoms with E-state index in [2.05, 4.69) is 11.1 Å². The quantitative estimate of drug-likeness (QED) is 0.602. The predicted molar refractivity (Wildman–Crippen MR) is 112 cm³/mol. The molecule has 1 aliphatic rings. The van der Waals surface area contributed by atoms with Crippen molar-refractivity contribution in [2.45, 2.75) is 0 Å². The van der Waals surface area contributed by atoms with Crippen molar-refractivity contribution in [2.24, 2.45) is 0 Å². The van der Waals surface area contributed by atoms with Gasteiger partial charge in [0.05, 0.1) is 18.9 Å². The van der Waals surface area contributed by atoms with Crippen molar-refractivity contribution in [3.05, 3.63) is 83.8 Å². The highest BCUT2D eigenvalue weighted by Crippen LogP contribution is 2.21. The summed E-state index contributed by atoms with van der Waals surface area (Å²) in [6.45, 7) is 3.40. The number of nitrogens with zero attached hydrogens (tertiary/aromatic N) is 4. The lowest BCUT2D eigenvalue weighted by atomic mass is 10.2. The second-order valence-electron chi connectivity index (χ2n) is 6.40. The summed E-state index contributed by atoms with van der Waals surface area (Å²) in [6.07, 6.45) is 8.07. The number of para-hydroxylation sites is 1. The van der Waals surface area contributed by atoms with E-state index in [0.29, 0.717) is 10.8 Å². The third-order valence-electron chi connectivity index (χ3n) is 4.43. The van der Waals surface area contributed by atoms with Gasteiger partial charge in [0.15, 0.2) is 11.6 Å². The predicted octanol–water partition coefficient (Wildman–Crippen LogP) is 4.45. The smallest absolute Gasteiger partial charge is 0.182 e. The summed E-state index contributed by atoms with van der Waals surface area (Å²) in [5, 5.41) is 5.40. The Kier molecular flexibility index (Phi) is 5.85. The summed E-state index contributed by atoms with van der Waals surface area (Å²) < 4.78 is 7.22. The van der Waals surface area contributed by atoms with Gasteiger partial charge in [-0.05, 0) is 54.8 Å². The van der Waals surface area contributed by atoms with Crippen molar-refractivity contribution in [1.29, 1.82) is 0 Å². The molecule has 1 aliphatic heterocycles. The molecule has 142 valence electrons. The molecule has 3 aromatic rings.